The maximum absolute atomic E-state index is 13.8. The summed E-state index contributed by atoms with van der Waals surface area (Å²) in [6.07, 6.45) is 4.94. The summed E-state index contributed by atoms with van der Waals surface area (Å²) in [6, 6.07) is 2.49. The Morgan fingerprint density at radius 3 is 2.61 bits per heavy atom. The van der Waals surface area contributed by atoms with E-state index >= 15 is 0 Å². The zero-order valence-electron chi connectivity index (χ0n) is 16.8. The second kappa shape index (κ2) is 7.53. The van der Waals surface area contributed by atoms with Crippen molar-refractivity contribution in [3.8, 4) is 5.75 Å². The average molecular weight is 430 g/mol. The number of nitrogens with one attached hydrogen (secondary N) is 1. The predicted octanol–water partition coefficient (Wildman–Crippen LogP) is 1.46. The molecule has 0 unspecified atom stereocenters. The molecule has 0 spiro atoms. The first-order valence-electron chi connectivity index (χ1n) is 9.66. The number of fused-ring (bicyclic) bond motifs is 4. The number of carbonyl (C=O) groups is 2. The van der Waals surface area contributed by atoms with Gasteiger partial charge in [-0.1, -0.05) is 18.2 Å². The molecule has 0 fully saturated rings. The van der Waals surface area contributed by atoms with Crippen molar-refractivity contribution in [2.24, 2.45) is 0 Å². The third kappa shape index (κ3) is 3.43. The molecule has 0 saturated heterocycles. The van der Waals surface area contributed by atoms with E-state index in [0.29, 0.717) is 6.07 Å². The quantitative estimate of drug-likeness (QED) is 0.719. The second-order valence-corrected chi connectivity index (χ2v) is 7.55. The van der Waals surface area contributed by atoms with E-state index < -0.39 is 40.2 Å². The van der Waals surface area contributed by atoms with Crippen molar-refractivity contribution in [1.82, 2.24) is 14.9 Å². The van der Waals surface area contributed by atoms with Crippen LogP contribution in [0.1, 0.15) is 40.3 Å². The van der Waals surface area contributed by atoms with Gasteiger partial charge < -0.3 is 15.3 Å². The van der Waals surface area contributed by atoms with Gasteiger partial charge in [0, 0.05) is 30.4 Å². The molecule has 31 heavy (non-hydrogen) atoms. The van der Waals surface area contributed by atoms with Crippen LogP contribution in [0.15, 0.2) is 41.3 Å². The molecule has 3 heterocycles. The van der Waals surface area contributed by atoms with Gasteiger partial charge in [0.2, 0.25) is 5.43 Å². The van der Waals surface area contributed by atoms with Gasteiger partial charge in [-0.05, 0) is 19.9 Å². The minimum Gasteiger partial charge on any atom is -0.502 e. The summed E-state index contributed by atoms with van der Waals surface area (Å²) in [5.41, 5.74) is -1.60. The van der Waals surface area contributed by atoms with E-state index in [0.717, 1.165) is 6.07 Å². The number of rotatable bonds is 3. The van der Waals surface area contributed by atoms with E-state index in [2.05, 4.69) is 5.32 Å². The molecule has 2 aromatic rings. The first-order chi connectivity index (χ1) is 14.7. The van der Waals surface area contributed by atoms with Gasteiger partial charge in [-0.15, -0.1) is 0 Å². The zero-order chi connectivity index (χ0) is 22.4. The highest BCUT2D eigenvalue weighted by Gasteiger charge is 2.38. The summed E-state index contributed by atoms with van der Waals surface area (Å²) in [5, 5.41) is 14.6. The standard InChI is InChI=1S/C21H20F2N4O4/c1-11-3-4-12(2)27-10-25(11)21(31)17-19(29)18(28)15(9-26(17)27)20(30)24-8-13-5-6-14(22)7-16(13)23/h3-7,9,11-12,29H,8,10H2,1-2H3,(H,24,30)/t11-,12+/m0/s1. The summed E-state index contributed by atoms with van der Waals surface area (Å²) < 4.78 is 28.2. The van der Waals surface area contributed by atoms with Crippen LogP contribution in [0.5, 0.6) is 5.75 Å². The number of aromatic hydroxyl groups is 1. The third-order valence-electron chi connectivity index (χ3n) is 5.53. The number of hydrogen-bond donors (Lipinski definition) is 2. The number of amides is 2. The van der Waals surface area contributed by atoms with E-state index in [1.165, 1.54) is 21.8 Å². The highest BCUT2D eigenvalue weighted by molar-refractivity contribution is 5.99. The molecule has 0 aliphatic carbocycles. The Morgan fingerprint density at radius 2 is 1.90 bits per heavy atom. The lowest BCUT2D eigenvalue weighted by molar-refractivity contribution is 0.0652. The van der Waals surface area contributed by atoms with Crippen LogP contribution in [0.3, 0.4) is 0 Å². The van der Waals surface area contributed by atoms with Gasteiger partial charge in [-0.25, -0.2) is 8.78 Å². The SMILES string of the molecule is C[C@@H]1C=C[C@H](C)N2CN1n1cc(C(=O)NCc3ccc(F)cc3F)c(=O)c(O)c1C2=O. The van der Waals surface area contributed by atoms with Crippen molar-refractivity contribution >= 4 is 11.8 Å². The molecule has 162 valence electrons. The van der Waals surface area contributed by atoms with Crippen molar-refractivity contribution in [1.29, 1.82) is 0 Å². The number of pyridine rings is 1. The molecule has 1 aromatic carbocycles. The number of aromatic nitrogens is 1. The fraction of sp³-hybridized carbons (Fsp3) is 0.286. The van der Waals surface area contributed by atoms with Gasteiger partial charge in [-0.2, -0.15) is 0 Å². The van der Waals surface area contributed by atoms with Crippen LogP contribution < -0.4 is 15.8 Å². The van der Waals surface area contributed by atoms with Gasteiger partial charge in [0.25, 0.3) is 11.8 Å². The number of carbonyl (C=O) groups excluding carboxylic acids is 2. The maximum Gasteiger partial charge on any atom is 0.278 e. The number of benzene rings is 1. The van der Waals surface area contributed by atoms with Crippen molar-refractivity contribution < 1.29 is 23.5 Å². The van der Waals surface area contributed by atoms with Crippen molar-refractivity contribution in [3.63, 3.8) is 0 Å². The predicted molar refractivity (Wildman–Crippen MR) is 107 cm³/mol. The van der Waals surface area contributed by atoms with Crippen LogP contribution in [-0.4, -0.2) is 45.2 Å². The molecule has 2 atom stereocenters. The molecule has 2 aliphatic heterocycles. The molecule has 1 aromatic heterocycles. The summed E-state index contributed by atoms with van der Waals surface area (Å²) in [5.74, 6) is -3.81. The summed E-state index contributed by atoms with van der Waals surface area (Å²) in [7, 11) is 0. The Morgan fingerprint density at radius 1 is 1.19 bits per heavy atom. The first-order valence-corrected chi connectivity index (χ1v) is 9.66. The molecular formula is C21H20F2N4O4. The second-order valence-electron chi connectivity index (χ2n) is 7.55. The van der Waals surface area contributed by atoms with E-state index in [1.54, 1.807) is 5.01 Å². The largest absolute Gasteiger partial charge is 0.502 e. The van der Waals surface area contributed by atoms with Gasteiger partial charge in [0.05, 0.1) is 6.04 Å². The van der Waals surface area contributed by atoms with E-state index in [1.807, 2.05) is 26.0 Å². The Labute approximate surface area is 176 Å². The molecule has 2 aliphatic rings. The molecule has 2 bridgehead atoms. The van der Waals surface area contributed by atoms with Crippen LogP contribution >= 0.6 is 0 Å². The topological polar surface area (TPSA) is 94.9 Å². The Bertz CT molecular complexity index is 1180. The Balaban J connectivity index is 1.70. The molecule has 2 amide bonds. The maximum atomic E-state index is 13.8. The Kier molecular flexibility index (Phi) is 5.00. The number of nitrogens with zero attached hydrogens (tertiary/aromatic N) is 3. The fourth-order valence-electron chi connectivity index (χ4n) is 3.68. The average Bonchev–Trinajstić information content (AvgIpc) is 2.85. The van der Waals surface area contributed by atoms with E-state index in [4.69, 9.17) is 0 Å². The summed E-state index contributed by atoms with van der Waals surface area (Å²) in [6.45, 7) is 3.61. The molecule has 2 N–H and O–H groups in total. The van der Waals surface area contributed by atoms with Crippen LogP contribution in [0, 0.1) is 11.6 Å². The first kappa shape index (κ1) is 20.6. The Hall–Kier alpha value is -3.69. The molecule has 8 nitrogen and oxygen atoms in total. The minimum atomic E-state index is -1.01. The van der Waals surface area contributed by atoms with Crippen LogP contribution in [0.2, 0.25) is 0 Å². The number of halogens is 2. The molecule has 10 heteroatoms. The van der Waals surface area contributed by atoms with Crippen LogP contribution in [0.4, 0.5) is 8.78 Å². The summed E-state index contributed by atoms with van der Waals surface area (Å²) >= 11 is 0. The van der Waals surface area contributed by atoms with Gasteiger partial charge in [0.1, 0.15) is 23.9 Å². The molecule has 0 radical (unpaired) electrons. The van der Waals surface area contributed by atoms with E-state index in [9.17, 15) is 28.3 Å². The van der Waals surface area contributed by atoms with Crippen LogP contribution in [-0.2, 0) is 6.54 Å². The third-order valence-corrected chi connectivity index (χ3v) is 5.53. The van der Waals surface area contributed by atoms with Crippen molar-refractivity contribution in [2.75, 3.05) is 11.7 Å². The highest BCUT2D eigenvalue weighted by atomic mass is 19.1. The van der Waals surface area contributed by atoms with Crippen LogP contribution in [0.25, 0.3) is 0 Å². The lowest BCUT2D eigenvalue weighted by Gasteiger charge is -2.41. The fourth-order valence-corrected chi connectivity index (χ4v) is 3.68. The van der Waals surface area contributed by atoms with Crippen molar-refractivity contribution in [2.45, 2.75) is 32.5 Å². The lowest BCUT2D eigenvalue weighted by Crippen LogP contribution is -2.57. The zero-order valence-corrected chi connectivity index (χ0v) is 16.8. The molecular weight excluding hydrogens is 410 g/mol. The van der Waals surface area contributed by atoms with E-state index in [-0.39, 0.29) is 36.6 Å². The van der Waals surface area contributed by atoms with Crippen molar-refractivity contribution in [3.05, 3.63) is 75.2 Å². The van der Waals surface area contributed by atoms with Gasteiger partial charge in [0.15, 0.2) is 11.4 Å². The molecule has 4 rings (SSSR count). The smallest absolute Gasteiger partial charge is 0.278 e. The monoisotopic (exact) mass is 430 g/mol. The number of hydrogen-bond acceptors (Lipinski definition) is 5. The minimum absolute atomic E-state index is 0.0307. The summed E-state index contributed by atoms with van der Waals surface area (Å²) in [4.78, 5) is 39.7. The normalized spacial score (nSPS) is 19.8. The van der Waals surface area contributed by atoms with Gasteiger partial charge >= 0.3 is 0 Å². The highest BCUT2D eigenvalue weighted by Crippen LogP contribution is 2.26. The van der Waals surface area contributed by atoms with Gasteiger partial charge in [-0.3, -0.25) is 24.1 Å². The molecule has 0 saturated carbocycles. The lowest BCUT2D eigenvalue weighted by atomic mass is 10.1.